The first-order valence-corrected chi connectivity index (χ1v) is 8.88. The molecule has 0 bridgehead atoms. The number of rotatable bonds is 4. The average molecular weight is 349 g/mol. The first-order valence-electron chi connectivity index (χ1n) is 8.88. The lowest BCUT2D eigenvalue weighted by atomic mass is 9.97. The molecular formula is C19H19N5O2. The van der Waals surface area contributed by atoms with Gasteiger partial charge in [-0.3, -0.25) is 4.90 Å². The molecule has 1 N–H and O–H groups in total. The quantitative estimate of drug-likeness (QED) is 0.606. The molecule has 0 radical (unpaired) electrons. The predicted molar refractivity (Wildman–Crippen MR) is 95.3 cm³/mol. The summed E-state index contributed by atoms with van der Waals surface area (Å²) in [6.07, 6.45) is 3.86. The van der Waals surface area contributed by atoms with Gasteiger partial charge < -0.3 is 13.8 Å². The van der Waals surface area contributed by atoms with Crippen LogP contribution < -0.4 is 0 Å². The number of aromatic nitrogens is 4. The predicted octanol–water partition coefficient (Wildman–Crippen LogP) is 3.59. The normalized spacial score (nSPS) is 18.5. The second-order valence-electron chi connectivity index (χ2n) is 6.69. The van der Waals surface area contributed by atoms with Crippen molar-refractivity contribution >= 4 is 11.0 Å². The first-order chi connectivity index (χ1) is 12.8. The van der Waals surface area contributed by atoms with Gasteiger partial charge in [-0.1, -0.05) is 12.1 Å². The van der Waals surface area contributed by atoms with Gasteiger partial charge in [0.25, 0.3) is 5.89 Å². The van der Waals surface area contributed by atoms with Gasteiger partial charge in [0.2, 0.25) is 5.89 Å². The Bertz CT molecular complexity index is 971. The van der Waals surface area contributed by atoms with Crippen molar-refractivity contribution in [3.63, 3.8) is 0 Å². The summed E-state index contributed by atoms with van der Waals surface area (Å²) < 4.78 is 11.0. The van der Waals surface area contributed by atoms with Crippen molar-refractivity contribution in [2.24, 2.45) is 0 Å². The maximum atomic E-state index is 5.74. The second kappa shape index (κ2) is 6.42. The molecule has 1 atom stereocenters. The Morgan fingerprint density at radius 3 is 3.00 bits per heavy atom. The van der Waals surface area contributed by atoms with Crippen molar-refractivity contribution in [1.82, 2.24) is 25.1 Å². The molecule has 0 saturated carbocycles. The van der Waals surface area contributed by atoms with Gasteiger partial charge in [-0.25, -0.2) is 4.98 Å². The maximum Gasteiger partial charge on any atom is 0.283 e. The largest absolute Gasteiger partial charge is 0.459 e. The number of nitrogens with zero attached hydrogens (tertiary/aromatic N) is 4. The van der Waals surface area contributed by atoms with E-state index in [1.807, 2.05) is 30.3 Å². The highest BCUT2D eigenvalue weighted by molar-refractivity contribution is 5.74. The van der Waals surface area contributed by atoms with E-state index < -0.39 is 0 Å². The molecule has 1 aromatic carbocycles. The van der Waals surface area contributed by atoms with Crippen LogP contribution in [0.25, 0.3) is 22.7 Å². The third-order valence-electron chi connectivity index (χ3n) is 4.86. The number of benzene rings is 1. The van der Waals surface area contributed by atoms with E-state index in [0.717, 1.165) is 42.8 Å². The van der Waals surface area contributed by atoms with Crippen LogP contribution in [0.2, 0.25) is 0 Å². The van der Waals surface area contributed by atoms with Crippen LogP contribution in [0.3, 0.4) is 0 Å². The molecule has 1 aliphatic rings. The molecular weight excluding hydrogens is 330 g/mol. The number of H-pyrrole nitrogens is 1. The van der Waals surface area contributed by atoms with Crippen LogP contribution in [0.5, 0.6) is 0 Å². The molecule has 0 unspecified atom stereocenters. The maximum absolute atomic E-state index is 5.74. The minimum atomic E-state index is 0.392. The highest BCUT2D eigenvalue weighted by Crippen LogP contribution is 2.28. The molecule has 132 valence electrons. The molecule has 7 heteroatoms. The lowest BCUT2D eigenvalue weighted by Crippen LogP contribution is -2.34. The average Bonchev–Trinajstić information content (AvgIpc) is 3.41. The summed E-state index contributed by atoms with van der Waals surface area (Å²) in [6, 6.07) is 11.8. The Hall–Kier alpha value is -2.93. The number of furan rings is 1. The Balaban J connectivity index is 1.30. The van der Waals surface area contributed by atoms with Crippen LogP contribution in [0.15, 0.2) is 51.5 Å². The van der Waals surface area contributed by atoms with Gasteiger partial charge in [0, 0.05) is 12.5 Å². The fraction of sp³-hybridized carbons (Fsp3) is 0.316. The number of fused-ring (bicyclic) bond motifs is 1. The zero-order valence-corrected chi connectivity index (χ0v) is 14.3. The lowest BCUT2D eigenvalue weighted by Gasteiger charge is -2.30. The topological polar surface area (TPSA) is 84.0 Å². The molecule has 4 heterocycles. The highest BCUT2D eigenvalue weighted by atomic mass is 16.4. The van der Waals surface area contributed by atoms with Crippen molar-refractivity contribution in [3.05, 3.63) is 54.4 Å². The van der Waals surface area contributed by atoms with Crippen molar-refractivity contribution in [2.45, 2.75) is 25.3 Å². The summed E-state index contributed by atoms with van der Waals surface area (Å²) >= 11 is 0. The standard InChI is InChI=1S/C19H19N5O2/c1-2-7-15-14(6-1)20-18(21-15)13-5-3-9-24(11-13)12-17-22-23-19(26-17)16-8-4-10-25-16/h1-2,4,6-8,10,13H,3,5,9,11-12H2,(H,20,21)/t13-/m0/s1. The summed E-state index contributed by atoms with van der Waals surface area (Å²) in [5, 5.41) is 8.23. The SMILES string of the molecule is c1coc(-c2nnc(CN3CCC[C@H](c4nc5ccccc5[nH]4)C3)o2)c1. The van der Waals surface area contributed by atoms with Gasteiger partial charge in [0.05, 0.1) is 23.8 Å². The third kappa shape index (κ3) is 2.90. The Kier molecular flexibility index (Phi) is 3.79. The van der Waals surface area contributed by atoms with E-state index in [9.17, 15) is 0 Å². The van der Waals surface area contributed by atoms with E-state index in [4.69, 9.17) is 13.8 Å². The molecule has 0 amide bonds. The number of piperidine rings is 1. The minimum Gasteiger partial charge on any atom is -0.459 e. The van der Waals surface area contributed by atoms with Gasteiger partial charge in [-0.05, 0) is 43.7 Å². The summed E-state index contributed by atoms with van der Waals surface area (Å²) in [4.78, 5) is 10.6. The zero-order chi connectivity index (χ0) is 17.3. The van der Waals surface area contributed by atoms with Crippen LogP contribution in [0, 0.1) is 0 Å². The fourth-order valence-corrected chi connectivity index (χ4v) is 3.60. The summed E-state index contributed by atoms with van der Waals surface area (Å²) in [5.74, 6) is 3.10. The van der Waals surface area contributed by atoms with Crippen LogP contribution in [-0.2, 0) is 6.54 Å². The summed E-state index contributed by atoms with van der Waals surface area (Å²) in [5.41, 5.74) is 2.12. The van der Waals surface area contributed by atoms with Gasteiger partial charge in [0.15, 0.2) is 5.76 Å². The third-order valence-corrected chi connectivity index (χ3v) is 4.86. The van der Waals surface area contributed by atoms with E-state index in [1.54, 1.807) is 6.26 Å². The molecule has 0 aliphatic carbocycles. The molecule has 0 spiro atoms. The number of para-hydroxylation sites is 2. The fourth-order valence-electron chi connectivity index (χ4n) is 3.60. The molecule has 1 saturated heterocycles. The molecule has 1 aliphatic heterocycles. The van der Waals surface area contributed by atoms with Crippen LogP contribution in [0.4, 0.5) is 0 Å². The second-order valence-corrected chi connectivity index (χ2v) is 6.69. The summed E-state index contributed by atoms with van der Waals surface area (Å²) in [7, 11) is 0. The molecule has 26 heavy (non-hydrogen) atoms. The van der Waals surface area contributed by atoms with E-state index in [-0.39, 0.29) is 0 Å². The van der Waals surface area contributed by atoms with Gasteiger partial charge in [0.1, 0.15) is 5.82 Å². The Labute approximate surface area is 150 Å². The smallest absolute Gasteiger partial charge is 0.283 e. The number of imidazole rings is 1. The zero-order valence-electron chi connectivity index (χ0n) is 14.3. The van der Waals surface area contributed by atoms with Crippen molar-refractivity contribution in [1.29, 1.82) is 0 Å². The van der Waals surface area contributed by atoms with Gasteiger partial charge in [-0.15, -0.1) is 10.2 Å². The molecule has 7 nitrogen and oxygen atoms in total. The van der Waals surface area contributed by atoms with Gasteiger partial charge >= 0.3 is 0 Å². The number of aromatic amines is 1. The number of likely N-dealkylation sites (tertiary alicyclic amines) is 1. The summed E-state index contributed by atoms with van der Waals surface area (Å²) in [6.45, 7) is 2.60. The van der Waals surface area contributed by atoms with E-state index >= 15 is 0 Å². The molecule has 1 fully saturated rings. The van der Waals surface area contributed by atoms with Crippen molar-refractivity contribution in [2.75, 3.05) is 13.1 Å². The number of nitrogens with one attached hydrogen (secondary N) is 1. The minimum absolute atomic E-state index is 0.392. The van der Waals surface area contributed by atoms with Crippen molar-refractivity contribution in [3.8, 4) is 11.7 Å². The Morgan fingerprint density at radius 2 is 2.12 bits per heavy atom. The molecule has 5 rings (SSSR count). The monoisotopic (exact) mass is 349 g/mol. The first kappa shape index (κ1) is 15.3. The van der Waals surface area contributed by atoms with Gasteiger partial charge in [-0.2, -0.15) is 0 Å². The molecule has 4 aromatic rings. The van der Waals surface area contributed by atoms with E-state index in [0.29, 0.717) is 30.0 Å². The van der Waals surface area contributed by atoms with Crippen molar-refractivity contribution < 1.29 is 8.83 Å². The Morgan fingerprint density at radius 1 is 1.15 bits per heavy atom. The van der Waals surface area contributed by atoms with Crippen LogP contribution in [-0.4, -0.2) is 38.2 Å². The van der Waals surface area contributed by atoms with Crippen LogP contribution in [0.1, 0.15) is 30.5 Å². The molecule has 3 aromatic heterocycles. The number of hydrogen-bond acceptors (Lipinski definition) is 6. The van der Waals surface area contributed by atoms with E-state index in [2.05, 4.69) is 26.1 Å². The lowest BCUT2D eigenvalue weighted by molar-refractivity contribution is 0.181. The van der Waals surface area contributed by atoms with Crippen LogP contribution >= 0.6 is 0 Å². The number of hydrogen-bond donors (Lipinski definition) is 1. The highest BCUT2D eigenvalue weighted by Gasteiger charge is 2.25. The van der Waals surface area contributed by atoms with E-state index in [1.165, 1.54) is 0 Å².